The lowest BCUT2D eigenvalue weighted by atomic mass is 10.0. The van der Waals surface area contributed by atoms with Crippen LogP contribution in [-0.2, 0) is 33.5 Å². The van der Waals surface area contributed by atoms with Crippen LogP contribution in [0.15, 0.2) is 35.5 Å². The Morgan fingerprint density at radius 3 is 2.64 bits per heavy atom. The Hall–Kier alpha value is -2.07. The molecular formula is C15H20N4O4S2. The summed E-state index contributed by atoms with van der Waals surface area (Å²) in [5.41, 5.74) is 1.84. The van der Waals surface area contributed by atoms with Crippen molar-refractivity contribution in [3.8, 4) is 0 Å². The fourth-order valence-corrected chi connectivity index (χ4v) is 5.05. The number of benzene rings is 1. The third-order valence-electron chi connectivity index (χ3n) is 4.10. The van der Waals surface area contributed by atoms with Crippen LogP contribution in [0.25, 0.3) is 0 Å². The van der Waals surface area contributed by atoms with Gasteiger partial charge >= 0.3 is 0 Å². The summed E-state index contributed by atoms with van der Waals surface area (Å²) < 4.78 is 54.5. The maximum absolute atomic E-state index is 12.4. The average molecular weight is 384 g/mol. The van der Waals surface area contributed by atoms with Crippen LogP contribution in [0.1, 0.15) is 18.9 Å². The number of fused-ring (bicyclic) bond motifs is 1. The van der Waals surface area contributed by atoms with E-state index in [0.29, 0.717) is 30.8 Å². The highest BCUT2D eigenvalue weighted by Gasteiger charge is 2.26. The molecule has 1 aliphatic heterocycles. The van der Waals surface area contributed by atoms with Gasteiger partial charge in [-0.15, -0.1) is 0 Å². The van der Waals surface area contributed by atoms with E-state index in [1.54, 1.807) is 32.2 Å². The van der Waals surface area contributed by atoms with Crippen LogP contribution in [-0.4, -0.2) is 38.9 Å². The van der Waals surface area contributed by atoms with Gasteiger partial charge in [0, 0.05) is 25.5 Å². The lowest BCUT2D eigenvalue weighted by Crippen LogP contribution is -2.36. The number of hydrogen-bond acceptors (Lipinski definition) is 5. The Balaban J connectivity index is 1.92. The largest absolute Gasteiger partial charge is 0.280 e. The molecule has 1 aliphatic rings. The Morgan fingerprint density at radius 1 is 1.24 bits per heavy atom. The minimum atomic E-state index is -3.73. The van der Waals surface area contributed by atoms with Gasteiger partial charge in [-0.25, -0.2) is 16.8 Å². The van der Waals surface area contributed by atoms with Crippen LogP contribution in [0.4, 0.5) is 11.4 Å². The van der Waals surface area contributed by atoms with Crippen molar-refractivity contribution in [2.45, 2.75) is 24.7 Å². The summed E-state index contributed by atoms with van der Waals surface area (Å²) in [7, 11) is -5.43. The number of hydrogen-bond donors (Lipinski definition) is 1. The lowest BCUT2D eigenvalue weighted by Gasteiger charge is -2.30. The van der Waals surface area contributed by atoms with Crippen molar-refractivity contribution in [1.29, 1.82) is 0 Å². The van der Waals surface area contributed by atoms with Crippen LogP contribution >= 0.6 is 0 Å². The van der Waals surface area contributed by atoms with Gasteiger partial charge in [-0.1, -0.05) is 0 Å². The van der Waals surface area contributed by atoms with E-state index >= 15 is 0 Å². The van der Waals surface area contributed by atoms with Gasteiger partial charge in [0.2, 0.25) is 10.0 Å². The second kappa shape index (κ2) is 6.34. The van der Waals surface area contributed by atoms with Gasteiger partial charge < -0.3 is 0 Å². The third-order valence-corrected chi connectivity index (χ3v) is 7.22. The summed E-state index contributed by atoms with van der Waals surface area (Å²) in [6, 6.07) is 4.93. The second-order valence-electron chi connectivity index (χ2n) is 5.87. The fourth-order valence-electron chi connectivity index (χ4n) is 2.82. The van der Waals surface area contributed by atoms with Crippen molar-refractivity contribution in [3.63, 3.8) is 0 Å². The van der Waals surface area contributed by atoms with Gasteiger partial charge in [0.05, 0.1) is 17.6 Å². The zero-order valence-electron chi connectivity index (χ0n) is 14.0. The smallest absolute Gasteiger partial charge is 0.265 e. The Morgan fingerprint density at radius 2 is 2.00 bits per heavy atom. The molecule has 0 bridgehead atoms. The fraction of sp³-hybridized carbons (Fsp3) is 0.400. The molecule has 0 amide bonds. The van der Waals surface area contributed by atoms with Gasteiger partial charge in [0.25, 0.3) is 10.0 Å². The summed E-state index contributed by atoms with van der Waals surface area (Å²) in [4.78, 5) is 0.0721. The molecule has 8 nitrogen and oxygen atoms in total. The number of aryl methyl sites for hydroxylation is 2. The van der Waals surface area contributed by atoms with Crippen molar-refractivity contribution in [2.24, 2.45) is 7.05 Å². The lowest BCUT2D eigenvalue weighted by molar-refractivity contribution is 0.587. The summed E-state index contributed by atoms with van der Waals surface area (Å²) in [6.45, 7) is 2.06. The first-order chi connectivity index (χ1) is 11.7. The Kier molecular flexibility index (Phi) is 4.50. The van der Waals surface area contributed by atoms with E-state index < -0.39 is 20.0 Å². The average Bonchev–Trinajstić information content (AvgIpc) is 3.01. The van der Waals surface area contributed by atoms with Crippen molar-refractivity contribution in [2.75, 3.05) is 21.3 Å². The van der Waals surface area contributed by atoms with E-state index in [4.69, 9.17) is 0 Å². The minimum Gasteiger partial charge on any atom is -0.280 e. The van der Waals surface area contributed by atoms with Gasteiger partial charge in [-0.3, -0.25) is 13.7 Å². The van der Waals surface area contributed by atoms with Crippen LogP contribution in [0.3, 0.4) is 0 Å². The van der Waals surface area contributed by atoms with Crippen LogP contribution in [0, 0.1) is 0 Å². The summed E-state index contributed by atoms with van der Waals surface area (Å²) in [6.07, 6.45) is 4.09. The SMILES string of the molecule is CCS(=O)(=O)N1CCCc2cc(NS(=O)(=O)c3cnn(C)c3)ccc21. The minimum absolute atomic E-state index is 0.0296. The third kappa shape index (κ3) is 3.49. The molecule has 1 aromatic heterocycles. The predicted octanol–water partition coefficient (Wildman–Crippen LogP) is 1.32. The summed E-state index contributed by atoms with van der Waals surface area (Å²) in [5, 5.41) is 3.87. The standard InChI is InChI=1S/C15H20N4O4S2/c1-3-24(20,21)19-8-4-5-12-9-13(6-7-15(12)19)17-25(22,23)14-10-16-18(2)11-14/h6-7,9-11,17H,3-5,8H2,1-2H3. The van der Waals surface area contributed by atoms with E-state index in [1.165, 1.54) is 21.4 Å². The first kappa shape index (κ1) is 17.7. The molecule has 0 atom stereocenters. The maximum Gasteiger partial charge on any atom is 0.265 e. The highest BCUT2D eigenvalue weighted by Crippen LogP contribution is 2.32. The van der Waals surface area contributed by atoms with Crippen molar-refractivity contribution < 1.29 is 16.8 Å². The molecule has 10 heteroatoms. The van der Waals surface area contributed by atoms with Gasteiger partial charge in [0.1, 0.15) is 4.90 Å². The molecule has 3 rings (SSSR count). The van der Waals surface area contributed by atoms with E-state index in [1.807, 2.05) is 0 Å². The predicted molar refractivity (Wildman–Crippen MR) is 95.6 cm³/mol. The van der Waals surface area contributed by atoms with Crippen LogP contribution in [0.5, 0.6) is 0 Å². The molecule has 0 saturated heterocycles. The van der Waals surface area contributed by atoms with Crippen molar-refractivity contribution in [1.82, 2.24) is 9.78 Å². The zero-order chi connectivity index (χ0) is 18.2. The zero-order valence-corrected chi connectivity index (χ0v) is 15.6. The molecule has 1 aromatic carbocycles. The van der Waals surface area contributed by atoms with Gasteiger partial charge in [-0.05, 0) is 43.5 Å². The van der Waals surface area contributed by atoms with E-state index in [-0.39, 0.29) is 10.6 Å². The molecule has 2 aromatic rings. The molecule has 0 radical (unpaired) electrons. The number of nitrogens with one attached hydrogen (secondary N) is 1. The maximum atomic E-state index is 12.4. The number of sulfonamides is 2. The normalized spacial score (nSPS) is 15.0. The van der Waals surface area contributed by atoms with Gasteiger partial charge in [0.15, 0.2) is 0 Å². The monoisotopic (exact) mass is 384 g/mol. The molecule has 25 heavy (non-hydrogen) atoms. The number of anilines is 2. The first-order valence-electron chi connectivity index (χ1n) is 7.88. The topological polar surface area (TPSA) is 101 Å². The summed E-state index contributed by atoms with van der Waals surface area (Å²) in [5.74, 6) is 0.0296. The van der Waals surface area contributed by atoms with Crippen LogP contribution in [0.2, 0.25) is 0 Å². The van der Waals surface area contributed by atoms with Crippen molar-refractivity contribution in [3.05, 3.63) is 36.2 Å². The second-order valence-corrected chi connectivity index (χ2v) is 9.74. The molecule has 2 heterocycles. The Labute approximate surface area is 147 Å². The highest BCUT2D eigenvalue weighted by atomic mass is 32.2. The summed E-state index contributed by atoms with van der Waals surface area (Å²) >= 11 is 0. The molecule has 0 fully saturated rings. The Bertz CT molecular complexity index is 996. The molecule has 0 spiro atoms. The van der Waals surface area contributed by atoms with Crippen LogP contribution < -0.4 is 9.03 Å². The van der Waals surface area contributed by atoms with E-state index in [0.717, 1.165) is 5.56 Å². The van der Waals surface area contributed by atoms with E-state index in [2.05, 4.69) is 9.82 Å². The quantitative estimate of drug-likeness (QED) is 0.838. The van der Waals surface area contributed by atoms with Gasteiger partial charge in [-0.2, -0.15) is 5.10 Å². The number of aromatic nitrogens is 2. The molecule has 0 unspecified atom stereocenters. The number of nitrogens with zero attached hydrogens (tertiary/aromatic N) is 3. The molecule has 0 saturated carbocycles. The first-order valence-corrected chi connectivity index (χ1v) is 11.0. The van der Waals surface area contributed by atoms with E-state index in [9.17, 15) is 16.8 Å². The van der Waals surface area contributed by atoms with Crippen molar-refractivity contribution >= 4 is 31.4 Å². The molecular weight excluding hydrogens is 364 g/mol. The molecule has 0 aliphatic carbocycles. The molecule has 1 N–H and O–H groups in total. The highest BCUT2D eigenvalue weighted by molar-refractivity contribution is 7.93. The number of rotatable bonds is 5. The molecule has 136 valence electrons.